The monoisotopic (exact) mass is 341 g/mol. The predicted molar refractivity (Wildman–Crippen MR) is 92.5 cm³/mol. The van der Waals surface area contributed by atoms with E-state index in [4.69, 9.17) is 14.6 Å². The van der Waals surface area contributed by atoms with Crippen molar-refractivity contribution in [3.8, 4) is 11.5 Å². The normalized spacial score (nSPS) is 13.2. The van der Waals surface area contributed by atoms with Crippen LogP contribution < -0.4 is 14.4 Å². The quantitative estimate of drug-likeness (QED) is 0.818. The maximum atomic E-state index is 12.1. The highest BCUT2D eigenvalue weighted by molar-refractivity contribution is 5.99. The SMILES string of the molecule is Cc1ccc(OCCCN2C(=O)COc3cc(C(=O)O)ccc32)cc1. The van der Waals surface area contributed by atoms with Crippen molar-refractivity contribution in [3.05, 3.63) is 53.6 Å². The number of hydrogen-bond acceptors (Lipinski definition) is 4. The summed E-state index contributed by atoms with van der Waals surface area (Å²) in [5.41, 5.74) is 1.90. The molecule has 6 heteroatoms. The number of hydrogen-bond donors (Lipinski definition) is 1. The lowest BCUT2D eigenvalue weighted by atomic mass is 10.1. The zero-order chi connectivity index (χ0) is 17.8. The van der Waals surface area contributed by atoms with Crippen molar-refractivity contribution in [2.75, 3.05) is 24.7 Å². The van der Waals surface area contributed by atoms with Gasteiger partial charge in [-0.25, -0.2) is 4.79 Å². The van der Waals surface area contributed by atoms with E-state index in [2.05, 4.69) is 0 Å². The van der Waals surface area contributed by atoms with Gasteiger partial charge in [-0.3, -0.25) is 4.79 Å². The van der Waals surface area contributed by atoms with Crippen molar-refractivity contribution in [2.24, 2.45) is 0 Å². The van der Waals surface area contributed by atoms with Gasteiger partial charge < -0.3 is 19.5 Å². The summed E-state index contributed by atoms with van der Waals surface area (Å²) in [6, 6.07) is 12.3. The van der Waals surface area contributed by atoms with Gasteiger partial charge in [-0.15, -0.1) is 0 Å². The average molecular weight is 341 g/mol. The van der Waals surface area contributed by atoms with Gasteiger partial charge in [-0.05, 0) is 43.7 Å². The molecule has 25 heavy (non-hydrogen) atoms. The van der Waals surface area contributed by atoms with E-state index < -0.39 is 5.97 Å². The number of benzene rings is 2. The van der Waals surface area contributed by atoms with Gasteiger partial charge in [-0.2, -0.15) is 0 Å². The Hall–Kier alpha value is -3.02. The maximum absolute atomic E-state index is 12.1. The van der Waals surface area contributed by atoms with E-state index in [1.165, 1.54) is 17.7 Å². The second kappa shape index (κ2) is 7.25. The van der Waals surface area contributed by atoms with Crippen molar-refractivity contribution in [2.45, 2.75) is 13.3 Å². The third-order valence-electron chi connectivity index (χ3n) is 3.97. The van der Waals surface area contributed by atoms with Gasteiger partial charge in [0.25, 0.3) is 5.91 Å². The van der Waals surface area contributed by atoms with Gasteiger partial charge in [0.2, 0.25) is 0 Å². The van der Waals surface area contributed by atoms with E-state index in [1.807, 2.05) is 31.2 Å². The van der Waals surface area contributed by atoms with Crippen LogP contribution in [0.25, 0.3) is 0 Å². The number of carboxylic acid groups (broad SMARTS) is 1. The van der Waals surface area contributed by atoms with Gasteiger partial charge in [0.1, 0.15) is 11.5 Å². The largest absolute Gasteiger partial charge is 0.494 e. The van der Waals surface area contributed by atoms with Gasteiger partial charge in [0, 0.05) is 6.54 Å². The van der Waals surface area contributed by atoms with E-state index in [-0.39, 0.29) is 18.1 Å². The Labute approximate surface area is 145 Å². The van der Waals surface area contributed by atoms with Gasteiger partial charge in [0.05, 0.1) is 17.9 Å². The molecule has 1 N–H and O–H groups in total. The predicted octanol–water partition coefficient (Wildman–Crippen LogP) is 2.89. The van der Waals surface area contributed by atoms with Crippen molar-refractivity contribution < 1.29 is 24.2 Å². The Morgan fingerprint density at radius 2 is 2.00 bits per heavy atom. The van der Waals surface area contributed by atoms with Crippen LogP contribution in [0.3, 0.4) is 0 Å². The number of anilines is 1. The molecule has 2 aromatic rings. The number of aromatic carboxylic acids is 1. The lowest BCUT2D eigenvalue weighted by molar-refractivity contribution is -0.121. The molecule has 2 aromatic carbocycles. The third-order valence-corrected chi connectivity index (χ3v) is 3.97. The molecule has 0 radical (unpaired) electrons. The molecule has 0 unspecified atom stereocenters. The number of carbonyl (C=O) groups excluding carboxylic acids is 1. The molecule has 0 bridgehead atoms. The van der Waals surface area contributed by atoms with E-state index in [9.17, 15) is 9.59 Å². The number of fused-ring (bicyclic) bond motifs is 1. The molecule has 1 amide bonds. The fourth-order valence-electron chi connectivity index (χ4n) is 2.63. The summed E-state index contributed by atoms with van der Waals surface area (Å²) >= 11 is 0. The Bertz CT molecular complexity index is 785. The van der Waals surface area contributed by atoms with Crippen LogP contribution in [0.5, 0.6) is 11.5 Å². The first kappa shape index (κ1) is 16.8. The molecule has 0 atom stereocenters. The Morgan fingerprint density at radius 3 is 2.72 bits per heavy atom. The molecule has 0 aromatic heterocycles. The summed E-state index contributed by atoms with van der Waals surface area (Å²) in [7, 11) is 0. The Balaban J connectivity index is 1.61. The topological polar surface area (TPSA) is 76.1 Å². The van der Waals surface area contributed by atoms with Gasteiger partial charge in [0.15, 0.2) is 6.61 Å². The van der Waals surface area contributed by atoms with Crippen LogP contribution in [0.15, 0.2) is 42.5 Å². The molecule has 0 saturated heterocycles. The minimum absolute atomic E-state index is 0.0884. The first-order valence-electron chi connectivity index (χ1n) is 8.04. The van der Waals surface area contributed by atoms with Gasteiger partial charge >= 0.3 is 5.97 Å². The first-order chi connectivity index (χ1) is 12.0. The van der Waals surface area contributed by atoms with E-state index >= 15 is 0 Å². The molecular weight excluding hydrogens is 322 g/mol. The molecule has 6 nitrogen and oxygen atoms in total. The van der Waals surface area contributed by atoms with Crippen molar-refractivity contribution in [1.82, 2.24) is 0 Å². The van der Waals surface area contributed by atoms with E-state index in [0.29, 0.717) is 31.0 Å². The molecule has 0 fully saturated rings. The minimum atomic E-state index is -1.03. The zero-order valence-corrected chi connectivity index (χ0v) is 13.9. The second-order valence-electron chi connectivity index (χ2n) is 5.84. The molecule has 3 rings (SSSR count). The third kappa shape index (κ3) is 3.91. The summed E-state index contributed by atoms with van der Waals surface area (Å²) in [6.07, 6.45) is 0.653. The Kier molecular flexibility index (Phi) is 4.88. The molecule has 0 spiro atoms. The van der Waals surface area contributed by atoms with Crippen molar-refractivity contribution in [3.63, 3.8) is 0 Å². The first-order valence-corrected chi connectivity index (χ1v) is 8.04. The van der Waals surface area contributed by atoms with Crippen LogP contribution in [0.2, 0.25) is 0 Å². The molecular formula is C19H19NO5. The van der Waals surface area contributed by atoms with Crippen LogP contribution in [-0.4, -0.2) is 36.7 Å². The second-order valence-corrected chi connectivity index (χ2v) is 5.84. The number of aryl methyl sites for hydroxylation is 1. The number of rotatable bonds is 6. The van der Waals surface area contributed by atoms with E-state index in [0.717, 1.165) is 5.75 Å². The zero-order valence-electron chi connectivity index (χ0n) is 13.9. The van der Waals surface area contributed by atoms with Crippen LogP contribution in [0, 0.1) is 6.92 Å². The number of carbonyl (C=O) groups is 2. The number of amides is 1. The summed E-state index contributed by atoms with van der Waals surface area (Å²) < 4.78 is 11.0. The standard InChI is InChI=1S/C19H19NO5/c1-13-3-6-15(7-4-13)24-10-2-9-20-16-8-5-14(19(22)23)11-17(16)25-12-18(20)21/h3-8,11H,2,9-10,12H2,1H3,(H,22,23). The highest BCUT2D eigenvalue weighted by atomic mass is 16.5. The number of nitrogens with zero attached hydrogens (tertiary/aromatic N) is 1. The summed E-state index contributed by atoms with van der Waals surface area (Å²) in [4.78, 5) is 24.8. The molecule has 0 saturated carbocycles. The number of carboxylic acids is 1. The molecule has 130 valence electrons. The minimum Gasteiger partial charge on any atom is -0.494 e. The summed E-state index contributed by atoms with van der Waals surface area (Å²) in [6.45, 7) is 2.89. The molecule has 1 aliphatic rings. The summed E-state index contributed by atoms with van der Waals surface area (Å²) in [5.74, 6) is 0.0385. The fraction of sp³-hybridized carbons (Fsp3) is 0.263. The van der Waals surface area contributed by atoms with E-state index in [1.54, 1.807) is 11.0 Å². The smallest absolute Gasteiger partial charge is 0.335 e. The molecule has 1 heterocycles. The average Bonchev–Trinajstić information content (AvgIpc) is 2.61. The van der Waals surface area contributed by atoms with Crippen LogP contribution in [-0.2, 0) is 4.79 Å². The molecule has 0 aliphatic carbocycles. The van der Waals surface area contributed by atoms with Crippen LogP contribution in [0.4, 0.5) is 5.69 Å². The number of ether oxygens (including phenoxy) is 2. The van der Waals surface area contributed by atoms with Crippen molar-refractivity contribution in [1.29, 1.82) is 0 Å². The van der Waals surface area contributed by atoms with Crippen molar-refractivity contribution >= 4 is 17.6 Å². The van der Waals surface area contributed by atoms with Crippen LogP contribution >= 0.6 is 0 Å². The fourth-order valence-corrected chi connectivity index (χ4v) is 2.63. The Morgan fingerprint density at radius 1 is 1.24 bits per heavy atom. The highest BCUT2D eigenvalue weighted by Crippen LogP contribution is 2.33. The summed E-state index contributed by atoms with van der Waals surface area (Å²) in [5, 5.41) is 9.05. The molecule has 1 aliphatic heterocycles. The lowest BCUT2D eigenvalue weighted by Gasteiger charge is -2.29. The maximum Gasteiger partial charge on any atom is 0.335 e. The van der Waals surface area contributed by atoms with Gasteiger partial charge in [-0.1, -0.05) is 17.7 Å². The van der Waals surface area contributed by atoms with Crippen LogP contribution in [0.1, 0.15) is 22.3 Å². The highest BCUT2D eigenvalue weighted by Gasteiger charge is 2.26. The lowest BCUT2D eigenvalue weighted by Crippen LogP contribution is -2.39.